The maximum absolute atomic E-state index is 5.15. The molecule has 0 aromatic carbocycles. The van der Waals surface area contributed by atoms with E-state index in [2.05, 4.69) is 20.2 Å². The van der Waals surface area contributed by atoms with E-state index in [1.165, 1.54) is 38.8 Å². The minimum Gasteiger partial charge on any atom is -0.481 e. The lowest BCUT2D eigenvalue weighted by Gasteiger charge is -2.20. The second kappa shape index (κ2) is 7.28. The number of nitrogens with zero attached hydrogens (tertiary/aromatic N) is 3. The minimum absolute atomic E-state index is 0.616. The van der Waals surface area contributed by atoms with Crippen LogP contribution in [0.4, 0.5) is 5.82 Å². The van der Waals surface area contributed by atoms with E-state index in [1.807, 2.05) is 13.0 Å². The van der Waals surface area contributed by atoms with Gasteiger partial charge in [0.05, 0.1) is 7.11 Å². The Morgan fingerprint density at radius 3 is 2.63 bits per heavy atom. The number of hydrogen-bond acceptors (Lipinski definition) is 5. The van der Waals surface area contributed by atoms with Crippen LogP contribution in [0.15, 0.2) is 6.07 Å². The molecule has 0 spiro atoms. The van der Waals surface area contributed by atoms with Gasteiger partial charge >= 0.3 is 0 Å². The van der Waals surface area contributed by atoms with Gasteiger partial charge in [-0.05, 0) is 32.9 Å². The fourth-order valence-electron chi connectivity index (χ4n) is 2.44. The zero-order valence-electron chi connectivity index (χ0n) is 12.0. The van der Waals surface area contributed by atoms with Crippen LogP contribution in [0.3, 0.4) is 0 Å². The molecule has 1 aromatic rings. The quantitative estimate of drug-likeness (QED) is 0.882. The number of aryl methyl sites for hydroxylation is 1. The highest BCUT2D eigenvalue weighted by atomic mass is 16.5. The van der Waals surface area contributed by atoms with Crippen molar-refractivity contribution >= 4 is 5.82 Å². The van der Waals surface area contributed by atoms with Crippen molar-refractivity contribution in [3.05, 3.63) is 11.9 Å². The van der Waals surface area contributed by atoms with Gasteiger partial charge < -0.3 is 15.0 Å². The van der Waals surface area contributed by atoms with Crippen molar-refractivity contribution < 1.29 is 4.74 Å². The lowest BCUT2D eigenvalue weighted by molar-refractivity contribution is 0.296. The molecule has 2 rings (SSSR count). The van der Waals surface area contributed by atoms with Crippen LogP contribution in [0.2, 0.25) is 0 Å². The molecule has 0 radical (unpaired) electrons. The smallest absolute Gasteiger partial charge is 0.218 e. The van der Waals surface area contributed by atoms with Gasteiger partial charge in [-0.25, -0.2) is 4.98 Å². The first-order valence-electron chi connectivity index (χ1n) is 7.14. The predicted molar refractivity (Wildman–Crippen MR) is 76.7 cm³/mol. The SMILES string of the molecule is COc1cc(NCCN2CCCCCC2)nc(C)n1. The third-order valence-corrected chi connectivity index (χ3v) is 3.46. The Bertz CT molecular complexity index is 389. The lowest BCUT2D eigenvalue weighted by Crippen LogP contribution is -2.30. The standard InChI is InChI=1S/C14H24N4O/c1-12-16-13(11-14(17-12)19-2)15-7-10-18-8-5-3-4-6-9-18/h11H,3-10H2,1-2H3,(H,15,16,17). The molecule has 1 aliphatic heterocycles. The van der Waals surface area contributed by atoms with Crippen LogP contribution in [0.25, 0.3) is 0 Å². The summed E-state index contributed by atoms with van der Waals surface area (Å²) in [6.07, 6.45) is 5.43. The molecule has 0 unspecified atom stereocenters. The molecule has 1 saturated heterocycles. The molecule has 1 fully saturated rings. The molecule has 1 aromatic heterocycles. The average Bonchev–Trinajstić information content (AvgIpc) is 2.67. The Hall–Kier alpha value is -1.36. The molecule has 0 atom stereocenters. The number of methoxy groups -OCH3 is 1. The molecule has 2 heterocycles. The predicted octanol–water partition coefficient (Wildman–Crippen LogP) is 2.08. The van der Waals surface area contributed by atoms with Crippen molar-refractivity contribution in [1.29, 1.82) is 0 Å². The third-order valence-electron chi connectivity index (χ3n) is 3.46. The summed E-state index contributed by atoms with van der Waals surface area (Å²) in [5.41, 5.74) is 0. The molecule has 1 N–H and O–H groups in total. The maximum atomic E-state index is 5.15. The largest absolute Gasteiger partial charge is 0.481 e. The number of rotatable bonds is 5. The number of likely N-dealkylation sites (tertiary alicyclic amines) is 1. The average molecular weight is 264 g/mol. The summed E-state index contributed by atoms with van der Waals surface area (Å²) in [5, 5.41) is 3.36. The first-order valence-corrected chi connectivity index (χ1v) is 7.14. The van der Waals surface area contributed by atoms with Crippen molar-refractivity contribution in [1.82, 2.24) is 14.9 Å². The molecule has 1 aliphatic rings. The number of anilines is 1. The summed E-state index contributed by atoms with van der Waals surface area (Å²) in [4.78, 5) is 11.1. The number of hydrogen-bond donors (Lipinski definition) is 1. The third kappa shape index (κ3) is 4.67. The van der Waals surface area contributed by atoms with Crippen LogP contribution in [0.1, 0.15) is 31.5 Å². The number of ether oxygens (including phenoxy) is 1. The van der Waals surface area contributed by atoms with Gasteiger partial charge in [-0.3, -0.25) is 0 Å². The molecule has 0 amide bonds. The molecule has 0 bridgehead atoms. The number of aromatic nitrogens is 2. The van der Waals surface area contributed by atoms with E-state index in [-0.39, 0.29) is 0 Å². The first kappa shape index (κ1) is 14.1. The summed E-state index contributed by atoms with van der Waals surface area (Å²) < 4.78 is 5.15. The Balaban J connectivity index is 1.79. The minimum atomic E-state index is 0.616. The summed E-state index contributed by atoms with van der Waals surface area (Å²) in [6.45, 7) is 6.33. The molecule has 5 nitrogen and oxygen atoms in total. The molecule has 0 aliphatic carbocycles. The van der Waals surface area contributed by atoms with Gasteiger partial charge in [0.15, 0.2) is 0 Å². The topological polar surface area (TPSA) is 50.3 Å². The van der Waals surface area contributed by atoms with Gasteiger partial charge in [0.25, 0.3) is 0 Å². The van der Waals surface area contributed by atoms with E-state index in [0.717, 1.165) is 24.7 Å². The van der Waals surface area contributed by atoms with E-state index < -0.39 is 0 Å². The summed E-state index contributed by atoms with van der Waals surface area (Å²) in [5.74, 6) is 2.19. The molecule has 0 saturated carbocycles. The van der Waals surface area contributed by atoms with Crippen LogP contribution in [-0.4, -0.2) is 48.2 Å². The summed E-state index contributed by atoms with van der Waals surface area (Å²) in [7, 11) is 1.63. The van der Waals surface area contributed by atoms with Gasteiger partial charge in [-0.2, -0.15) is 4.98 Å². The van der Waals surface area contributed by atoms with Crippen molar-refractivity contribution in [2.45, 2.75) is 32.6 Å². The van der Waals surface area contributed by atoms with Gasteiger partial charge in [-0.15, -0.1) is 0 Å². The summed E-state index contributed by atoms with van der Waals surface area (Å²) in [6, 6.07) is 1.84. The van der Waals surface area contributed by atoms with E-state index in [0.29, 0.717) is 5.88 Å². The van der Waals surface area contributed by atoms with Gasteiger partial charge in [-0.1, -0.05) is 12.8 Å². The molecule has 5 heteroatoms. The fraction of sp³-hybridized carbons (Fsp3) is 0.714. The lowest BCUT2D eigenvalue weighted by atomic mass is 10.2. The van der Waals surface area contributed by atoms with Crippen LogP contribution in [0, 0.1) is 6.92 Å². The van der Waals surface area contributed by atoms with Crippen LogP contribution in [0.5, 0.6) is 5.88 Å². The van der Waals surface area contributed by atoms with Crippen LogP contribution in [-0.2, 0) is 0 Å². The van der Waals surface area contributed by atoms with Crippen molar-refractivity contribution in [2.75, 3.05) is 38.6 Å². The van der Waals surface area contributed by atoms with Gasteiger partial charge in [0.2, 0.25) is 5.88 Å². The Morgan fingerprint density at radius 1 is 1.21 bits per heavy atom. The fourth-order valence-corrected chi connectivity index (χ4v) is 2.44. The van der Waals surface area contributed by atoms with Crippen molar-refractivity contribution in [2.24, 2.45) is 0 Å². The van der Waals surface area contributed by atoms with Crippen molar-refractivity contribution in [3.8, 4) is 5.88 Å². The number of nitrogens with one attached hydrogen (secondary N) is 1. The van der Waals surface area contributed by atoms with E-state index in [4.69, 9.17) is 4.74 Å². The first-order chi connectivity index (χ1) is 9.28. The Morgan fingerprint density at radius 2 is 1.95 bits per heavy atom. The monoisotopic (exact) mass is 264 g/mol. The van der Waals surface area contributed by atoms with Gasteiger partial charge in [0.1, 0.15) is 11.6 Å². The highest BCUT2D eigenvalue weighted by Crippen LogP contribution is 2.13. The zero-order chi connectivity index (χ0) is 13.5. The molecular weight excluding hydrogens is 240 g/mol. The highest BCUT2D eigenvalue weighted by Gasteiger charge is 2.08. The van der Waals surface area contributed by atoms with Crippen LogP contribution >= 0.6 is 0 Å². The van der Waals surface area contributed by atoms with Gasteiger partial charge in [0, 0.05) is 19.2 Å². The molecular formula is C14H24N4O. The van der Waals surface area contributed by atoms with E-state index >= 15 is 0 Å². The highest BCUT2D eigenvalue weighted by molar-refractivity contribution is 5.38. The zero-order valence-corrected chi connectivity index (χ0v) is 12.0. The summed E-state index contributed by atoms with van der Waals surface area (Å²) >= 11 is 0. The molecule has 106 valence electrons. The normalized spacial score (nSPS) is 16.9. The van der Waals surface area contributed by atoms with E-state index in [1.54, 1.807) is 7.11 Å². The Labute approximate surface area is 115 Å². The van der Waals surface area contributed by atoms with E-state index in [9.17, 15) is 0 Å². The second-order valence-electron chi connectivity index (χ2n) is 5.03. The Kier molecular flexibility index (Phi) is 5.39. The van der Waals surface area contributed by atoms with Crippen LogP contribution < -0.4 is 10.1 Å². The maximum Gasteiger partial charge on any atom is 0.218 e. The van der Waals surface area contributed by atoms with Crippen molar-refractivity contribution in [3.63, 3.8) is 0 Å². The molecule has 19 heavy (non-hydrogen) atoms. The second-order valence-corrected chi connectivity index (χ2v) is 5.03.